The van der Waals surface area contributed by atoms with Crippen LogP contribution in [-0.4, -0.2) is 183 Å². The largest absolute Gasteiger partial charge is 0.508 e. The summed E-state index contributed by atoms with van der Waals surface area (Å²) >= 11 is 0. The van der Waals surface area contributed by atoms with Crippen molar-refractivity contribution >= 4 is 35.4 Å². The molecule has 1 aromatic carbocycles. The molecule has 15 atom stereocenters. The van der Waals surface area contributed by atoms with Crippen molar-refractivity contribution in [3.05, 3.63) is 29.8 Å². The number of nitrogens with zero attached hydrogens (tertiary/aromatic N) is 2. The molecule has 0 saturated carbocycles. The van der Waals surface area contributed by atoms with Gasteiger partial charge in [-0.15, -0.1) is 0 Å². The fourth-order valence-corrected chi connectivity index (χ4v) is 6.92. The highest BCUT2D eigenvalue weighted by Gasteiger charge is 2.50. The van der Waals surface area contributed by atoms with E-state index in [9.17, 15) is 74.7 Å². The molecule has 0 spiro atoms. The summed E-state index contributed by atoms with van der Waals surface area (Å²) in [4.78, 5) is 83.9. The number of nitrogens with one attached hydrogen (secondary N) is 4. The molecule has 4 rings (SSSR count). The van der Waals surface area contributed by atoms with Crippen LogP contribution in [0.15, 0.2) is 24.3 Å². The van der Waals surface area contributed by atoms with Crippen LogP contribution >= 0.6 is 0 Å². The molecule has 56 heavy (non-hydrogen) atoms. The minimum Gasteiger partial charge on any atom is -0.508 e. The number of aliphatic hydroxyl groups is 8. The predicted octanol–water partition coefficient (Wildman–Crippen LogP) is -7.30. The maximum Gasteiger partial charge on any atom is 0.248 e. The van der Waals surface area contributed by atoms with E-state index in [1.165, 1.54) is 19.1 Å². The Kier molecular flexibility index (Phi) is 14.3. The Morgan fingerprint density at radius 1 is 0.696 bits per heavy atom. The summed E-state index contributed by atoms with van der Waals surface area (Å²) in [6.45, 7) is 2.85. The molecule has 6 amide bonds. The molecule has 3 aliphatic rings. The fourth-order valence-electron chi connectivity index (χ4n) is 6.92. The summed E-state index contributed by atoms with van der Waals surface area (Å²) in [6, 6.07) is -6.28. The number of aromatic hydroxyl groups is 1. The fraction of sp³-hybridized carbons (Fsp3) is 0.647. The van der Waals surface area contributed by atoms with Gasteiger partial charge in [-0.1, -0.05) is 19.1 Å². The first-order valence-electron chi connectivity index (χ1n) is 18.0. The normalized spacial score (nSPS) is 35.2. The van der Waals surface area contributed by atoms with E-state index in [0.29, 0.717) is 0 Å². The van der Waals surface area contributed by atoms with E-state index < -0.39 is 146 Å². The van der Waals surface area contributed by atoms with E-state index in [2.05, 4.69) is 16.0 Å². The van der Waals surface area contributed by atoms with E-state index in [4.69, 9.17) is 5.73 Å². The quantitative estimate of drug-likeness (QED) is 0.132. The van der Waals surface area contributed by atoms with E-state index in [-0.39, 0.29) is 17.9 Å². The van der Waals surface area contributed by atoms with Gasteiger partial charge in [-0.05, 0) is 31.5 Å². The van der Waals surface area contributed by atoms with Gasteiger partial charge in [-0.2, -0.15) is 0 Å². The number of rotatable bonds is 5. The summed E-state index contributed by atoms with van der Waals surface area (Å²) in [5.74, 6) is -8.12. The molecule has 0 aromatic heterocycles. The Bertz CT molecular complexity index is 1620. The maximum atomic E-state index is 14.0. The smallest absolute Gasteiger partial charge is 0.248 e. The number of phenolic OH excluding ortho intramolecular Hbond substituents is 1. The van der Waals surface area contributed by atoms with Gasteiger partial charge in [0.1, 0.15) is 54.3 Å². The number of benzene rings is 1. The number of phenols is 1. The second kappa shape index (κ2) is 18.2. The van der Waals surface area contributed by atoms with Crippen molar-refractivity contribution in [2.24, 2.45) is 11.7 Å². The molecule has 0 radical (unpaired) electrons. The zero-order valence-electron chi connectivity index (χ0n) is 30.7. The minimum absolute atomic E-state index is 0.0501. The van der Waals surface area contributed by atoms with Crippen LogP contribution in [0.2, 0.25) is 0 Å². The van der Waals surface area contributed by atoms with Gasteiger partial charge < -0.3 is 82.8 Å². The molecule has 312 valence electrons. The molecule has 3 fully saturated rings. The Hall–Kier alpha value is -4.52. The number of carbonyl (C=O) groups excluding carboxylic acids is 6. The first-order valence-corrected chi connectivity index (χ1v) is 18.0. The Labute approximate surface area is 320 Å². The number of carbonyl (C=O) groups is 6. The third kappa shape index (κ3) is 9.70. The van der Waals surface area contributed by atoms with Gasteiger partial charge in [0.2, 0.25) is 35.4 Å². The third-order valence-corrected chi connectivity index (χ3v) is 10.2. The minimum atomic E-state index is -2.24. The van der Waals surface area contributed by atoms with Gasteiger partial charge in [0.15, 0.2) is 6.23 Å². The lowest BCUT2D eigenvalue weighted by molar-refractivity contribution is -0.148. The van der Waals surface area contributed by atoms with Gasteiger partial charge in [0.05, 0.1) is 30.5 Å². The average molecular weight is 798 g/mol. The second-order valence-electron chi connectivity index (χ2n) is 14.6. The van der Waals surface area contributed by atoms with E-state index in [0.717, 1.165) is 35.8 Å². The van der Waals surface area contributed by atoms with Crippen LogP contribution in [-0.2, 0) is 28.8 Å². The highest BCUT2D eigenvalue weighted by molar-refractivity contribution is 5.98. The molecule has 22 nitrogen and oxygen atoms in total. The topological polar surface area (TPSA) is 365 Å². The van der Waals surface area contributed by atoms with E-state index in [1.54, 1.807) is 0 Å². The molecule has 1 aromatic rings. The van der Waals surface area contributed by atoms with Gasteiger partial charge in [0.25, 0.3) is 0 Å². The predicted molar refractivity (Wildman–Crippen MR) is 188 cm³/mol. The van der Waals surface area contributed by atoms with Crippen LogP contribution in [0.25, 0.3) is 0 Å². The highest BCUT2D eigenvalue weighted by Crippen LogP contribution is 2.27. The van der Waals surface area contributed by atoms with Crippen molar-refractivity contribution in [2.75, 3.05) is 13.1 Å². The molecule has 3 saturated heterocycles. The second-order valence-corrected chi connectivity index (χ2v) is 14.6. The lowest BCUT2D eigenvalue weighted by Crippen LogP contribution is -2.64. The van der Waals surface area contributed by atoms with Crippen molar-refractivity contribution in [2.45, 2.75) is 119 Å². The summed E-state index contributed by atoms with van der Waals surface area (Å²) in [5.41, 5.74) is 5.88. The number of hydrogen-bond donors (Lipinski definition) is 14. The van der Waals surface area contributed by atoms with Gasteiger partial charge >= 0.3 is 0 Å². The number of aliphatic hydroxyl groups excluding tert-OH is 8. The summed E-state index contributed by atoms with van der Waals surface area (Å²) in [7, 11) is 0. The molecular formula is C34H51N7O15. The number of amides is 6. The van der Waals surface area contributed by atoms with Gasteiger partial charge in [0, 0.05) is 31.8 Å². The SMILES string of the molecule is CC(O)[C@@H]1NC(=O)[C@H]([C@H](O)[C@@H](O)c2ccc(O)cc2)NC(=O)[C@@H]2C[C@@H](O)CN2C(=O)[C@H](C(C)O)NC(=O)[C@H](N)C[C@@H](O)[C@H](O)NC(=O)[C@@H]2[C@@H](O)[C@@H](C)CN2C1=O. The lowest BCUT2D eigenvalue weighted by atomic mass is 9.96. The van der Waals surface area contributed by atoms with E-state index in [1.807, 2.05) is 5.32 Å². The molecule has 22 heteroatoms. The lowest BCUT2D eigenvalue weighted by Gasteiger charge is -2.34. The van der Waals surface area contributed by atoms with Crippen LogP contribution < -0.4 is 27.0 Å². The van der Waals surface area contributed by atoms with Crippen molar-refractivity contribution in [1.29, 1.82) is 0 Å². The Morgan fingerprint density at radius 2 is 1.23 bits per heavy atom. The molecule has 3 heterocycles. The zero-order chi connectivity index (χ0) is 41.9. The zero-order valence-corrected chi connectivity index (χ0v) is 30.7. The summed E-state index contributed by atoms with van der Waals surface area (Å²) in [6.07, 6.45) is -15.8. The van der Waals surface area contributed by atoms with Crippen molar-refractivity contribution < 1.29 is 74.7 Å². The van der Waals surface area contributed by atoms with Crippen LogP contribution in [0.4, 0.5) is 0 Å². The highest BCUT2D eigenvalue weighted by atomic mass is 16.3. The van der Waals surface area contributed by atoms with Crippen molar-refractivity contribution in [3.8, 4) is 5.75 Å². The van der Waals surface area contributed by atoms with Crippen LogP contribution in [0.1, 0.15) is 45.3 Å². The van der Waals surface area contributed by atoms with Gasteiger partial charge in [-0.25, -0.2) is 0 Å². The molecule has 3 aliphatic heterocycles. The Balaban J connectivity index is 1.80. The maximum absolute atomic E-state index is 14.0. The first-order chi connectivity index (χ1) is 26.1. The first kappa shape index (κ1) is 44.2. The number of hydrogen-bond acceptors (Lipinski definition) is 16. The number of fused-ring (bicyclic) bond motifs is 2. The van der Waals surface area contributed by atoms with Crippen LogP contribution in [0.3, 0.4) is 0 Å². The third-order valence-electron chi connectivity index (χ3n) is 10.2. The monoisotopic (exact) mass is 797 g/mol. The molecule has 0 aliphatic carbocycles. The standard InChI is InChI=1S/C34H51N7O15/c1-12-10-41-24(25(12)47)32(54)39-30(52)20(46)9-18(35)28(50)36-21(13(2)42)33(55)40-11-17(45)8-19(40)29(51)38-23(31(53)37-22(14(3)43)34(41)56)27(49)26(48)15-4-6-16(44)7-5-15/h4-7,12-14,17-27,30,42-49,52H,8-11,35H2,1-3H3,(H,36,50)(H,37,53)(H,38,51)(H,39,54)/t12-,13?,14?,17+,18+,19-,20+,21-,22-,23-,24-,25-,26-,27-,30-/m0/s1. The summed E-state index contributed by atoms with van der Waals surface area (Å²) < 4.78 is 0. The van der Waals surface area contributed by atoms with Gasteiger partial charge in [-0.3, -0.25) is 28.8 Å². The van der Waals surface area contributed by atoms with Crippen molar-refractivity contribution in [1.82, 2.24) is 31.1 Å². The molecule has 15 N–H and O–H groups in total. The molecule has 0 bridgehead atoms. The van der Waals surface area contributed by atoms with Crippen LogP contribution in [0.5, 0.6) is 5.75 Å². The Morgan fingerprint density at radius 3 is 1.80 bits per heavy atom. The summed E-state index contributed by atoms with van der Waals surface area (Å²) in [5, 5.41) is 105. The van der Waals surface area contributed by atoms with E-state index >= 15 is 0 Å². The molecule has 2 unspecified atom stereocenters. The molecular weight excluding hydrogens is 746 g/mol. The average Bonchev–Trinajstić information content (AvgIpc) is 3.68. The van der Waals surface area contributed by atoms with Crippen LogP contribution in [0, 0.1) is 5.92 Å². The number of nitrogens with two attached hydrogens (primary N) is 1. The van der Waals surface area contributed by atoms with Crippen molar-refractivity contribution in [3.63, 3.8) is 0 Å².